The van der Waals surface area contributed by atoms with Gasteiger partial charge >= 0.3 is 0 Å². The first-order chi connectivity index (χ1) is 7.81. The molecule has 2 rings (SSSR count). The van der Waals surface area contributed by atoms with Crippen LogP contribution in [0.2, 0.25) is 0 Å². The number of carbonyl (C=O) groups is 1. The van der Waals surface area contributed by atoms with Crippen molar-refractivity contribution in [1.29, 1.82) is 0 Å². The SMILES string of the molecule is CCCCCC1Cc2ccccc2C(=O)N1. The minimum Gasteiger partial charge on any atom is -0.349 e. The second-order valence-electron chi connectivity index (χ2n) is 4.53. The maximum Gasteiger partial charge on any atom is 0.251 e. The van der Waals surface area contributed by atoms with Crippen molar-refractivity contribution < 1.29 is 4.79 Å². The summed E-state index contributed by atoms with van der Waals surface area (Å²) >= 11 is 0. The Kier molecular flexibility index (Phi) is 3.60. The summed E-state index contributed by atoms with van der Waals surface area (Å²) in [6, 6.07) is 8.26. The molecular weight excluding hydrogens is 198 g/mol. The first kappa shape index (κ1) is 11.2. The van der Waals surface area contributed by atoms with Crippen LogP contribution in [-0.4, -0.2) is 11.9 Å². The number of rotatable bonds is 4. The highest BCUT2D eigenvalue weighted by atomic mass is 16.1. The van der Waals surface area contributed by atoms with Crippen LogP contribution in [0.5, 0.6) is 0 Å². The van der Waals surface area contributed by atoms with E-state index in [1.165, 1.54) is 24.8 Å². The van der Waals surface area contributed by atoms with Crippen LogP contribution in [0, 0.1) is 0 Å². The summed E-state index contributed by atoms with van der Waals surface area (Å²) in [6.07, 6.45) is 5.80. The highest BCUT2D eigenvalue weighted by Gasteiger charge is 2.22. The van der Waals surface area contributed by atoms with Crippen molar-refractivity contribution in [2.24, 2.45) is 0 Å². The van der Waals surface area contributed by atoms with Gasteiger partial charge in [-0.3, -0.25) is 4.79 Å². The zero-order valence-electron chi connectivity index (χ0n) is 9.83. The largest absolute Gasteiger partial charge is 0.349 e. The molecule has 1 unspecified atom stereocenters. The number of hydrogen-bond acceptors (Lipinski definition) is 1. The Hall–Kier alpha value is -1.31. The number of hydrogen-bond donors (Lipinski definition) is 1. The lowest BCUT2D eigenvalue weighted by molar-refractivity contribution is 0.0922. The van der Waals surface area contributed by atoms with Crippen molar-refractivity contribution in [3.8, 4) is 0 Å². The first-order valence-corrected chi connectivity index (χ1v) is 6.20. The lowest BCUT2D eigenvalue weighted by Crippen LogP contribution is -2.41. The van der Waals surface area contributed by atoms with Crippen molar-refractivity contribution in [3.05, 3.63) is 35.4 Å². The lowest BCUT2D eigenvalue weighted by Gasteiger charge is -2.25. The lowest BCUT2D eigenvalue weighted by atomic mass is 9.92. The fourth-order valence-corrected chi connectivity index (χ4v) is 2.31. The second-order valence-corrected chi connectivity index (χ2v) is 4.53. The van der Waals surface area contributed by atoms with Gasteiger partial charge in [0.25, 0.3) is 5.91 Å². The normalized spacial score (nSPS) is 19.1. The van der Waals surface area contributed by atoms with Crippen molar-refractivity contribution >= 4 is 5.91 Å². The van der Waals surface area contributed by atoms with E-state index in [9.17, 15) is 4.79 Å². The average Bonchev–Trinajstić information content (AvgIpc) is 2.30. The van der Waals surface area contributed by atoms with Gasteiger partial charge in [-0.05, 0) is 24.5 Å². The third-order valence-corrected chi connectivity index (χ3v) is 3.22. The molecule has 2 heteroatoms. The van der Waals surface area contributed by atoms with E-state index in [0.717, 1.165) is 18.4 Å². The molecule has 1 atom stereocenters. The van der Waals surface area contributed by atoms with Gasteiger partial charge in [-0.25, -0.2) is 0 Å². The van der Waals surface area contributed by atoms with Crippen molar-refractivity contribution in [1.82, 2.24) is 5.32 Å². The summed E-state index contributed by atoms with van der Waals surface area (Å²) < 4.78 is 0. The maximum absolute atomic E-state index is 11.8. The molecular formula is C14H19NO. The Bertz CT molecular complexity index is 373. The van der Waals surface area contributed by atoms with Gasteiger partial charge in [0.15, 0.2) is 0 Å². The van der Waals surface area contributed by atoms with Gasteiger partial charge in [-0.2, -0.15) is 0 Å². The van der Waals surface area contributed by atoms with Crippen LogP contribution in [0.4, 0.5) is 0 Å². The maximum atomic E-state index is 11.8. The molecule has 0 fully saturated rings. The van der Waals surface area contributed by atoms with Crippen LogP contribution in [0.1, 0.15) is 48.5 Å². The summed E-state index contributed by atoms with van der Waals surface area (Å²) in [7, 11) is 0. The highest BCUT2D eigenvalue weighted by Crippen LogP contribution is 2.19. The third kappa shape index (κ3) is 2.43. The van der Waals surface area contributed by atoms with Crippen LogP contribution in [0.25, 0.3) is 0 Å². The third-order valence-electron chi connectivity index (χ3n) is 3.22. The number of fused-ring (bicyclic) bond motifs is 1. The molecule has 0 saturated carbocycles. The minimum absolute atomic E-state index is 0.100. The van der Waals surface area contributed by atoms with Gasteiger partial charge < -0.3 is 5.32 Å². The van der Waals surface area contributed by atoms with Crippen LogP contribution in [0.15, 0.2) is 24.3 Å². The summed E-state index contributed by atoms with van der Waals surface area (Å²) in [5, 5.41) is 3.09. The van der Waals surface area contributed by atoms with Gasteiger partial charge in [0.05, 0.1) is 0 Å². The van der Waals surface area contributed by atoms with Crippen molar-refractivity contribution in [2.45, 2.75) is 45.1 Å². The number of amides is 1. The Labute approximate surface area is 97.1 Å². The molecule has 1 N–H and O–H groups in total. The molecule has 2 nitrogen and oxygen atoms in total. The topological polar surface area (TPSA) is 29.1 Å². The van der Waals surface area contributed by atoms with E-state index in [4.69, 9.17) is 0 Å². The number of benzene rings is 1. The van der Waals surface area contributed by atoms with Gasteiger partial charge in [-0.15, -0.1) is 0 Å². The Morgan fingerprint density at radius 2 is 2.12 bits per heavy atom. The number of carbonyl (C=O) groups excluding carboxylic acids is 1. The average molecular weight is 217 g/mol. The summed E-state index contributed by atoms with van der Waals surface area (Å²) in [6.45, 7) is 2.20. The predicted molar refractivity (Wildman–Crippen MR) is 65.5 cm³/mol. The zero-order chi connectivity index (χ0) is 11.4. The van der Waals surface area contributed by atoms with E-state index in [2.05, 4.69) is 18.3 Å². The molecule has 1 amide bonds. The van der Waals surface area contributed by atoms with Gasteiger partial charge in [0, 0.05) is 11.6 Å². The summed E-state index contributed by atoms with van der Waals surface area (Å²) in [4.78, 5) is 11.8. The molecule has 0 aromatic heterocycles. The molecule has 0 radical (unpaired) electrons. The molecule has 1 aromatic carbocycles. The number of unbranched alkanes of at least 4 members (excludes halogenated alkanes) is 2. The van der Waals surface area contributed by atoms with E-state index >= 15 is 0 Å². The standard InChI is InChI=1S/C14H19NO/c1-2-3-4-8-12-10-11-7-5-6-9-13(11)14(16)15-12/h5-7,9,12H,2-4,8,10H2,1H3,(H,15,16). The zero-order valence-corrected chi connectivity index (χ0v) is 9.83. The Morgan fingerprint density at radius 1 is 1.31 bits per heavy atom. The van der Waals surface area contributed by atoms with E-state index in [1.54, 1.807) is 0 Å². The molecule has 0 bridgehead atoms. The van der Waals surface area contributed by atoms with Crippen LogP contribution < -0.4 is 5.32 Å². The van der Waals surface area contributed by atoms with Crippen LogP contribution in [-0.2, 0) is 6.42 Å². The van der Waals surface area contributed by atoms with Crippen LogP contribution >= 0.6 is 0 Å². The summed E-state index contributed by atoms with van der Waals surface area (Å²) in [5.74, 6) is 0.100. The number of nitrogens with one attached hydrogen (secondary N) is 1. The van der Waals surface area contributed by atoms with Crippen molar-refractivity contribution in [3.63, 3.8) is 0 Å². The molecule has 1 aromatic rings. The Balaban J connectivity index is 2.01. The monoisotopic (exact) mass is 217 g/mol. The van der Waals surface area contributed by atoms with Crippen molar-refractivity contribution in [2.75, 3.05) is 0 Å². The van der Waals surface area contributed by atoms with Gasteiger partial charge in [0.2, 0.25) is 0 Å². The Morgan fingerprint density at radius 3 is 2.94 bits per heavy atom. The second kappa shape index (κ2) is 5.15. The molecule has 1 heterocycles. The van der Waals surface area contributed by atoms with E-state index in [0.29, 0.717) is 6.04 Å². The van der Waals surface area contributed by atoms with E-state index < -0.39 is 0 Å². The smallest absolute Gasteiger partial charge is 0.251 e. The molecule has 1 aliphatic rings. The first-order valence-electron chi connectivity index (χ1n) is 6.20. The molecule has 0 spiro atoms. The van der Waals surface area contributed by atoms with E-state index in [-0.39, 0.29) is 5.91 Å². The van der Waals surface area contributed by atoms with Gasteiger partial charge in [-0.1, -0.05) is 44.4 Å². The van der Waals surface area contributed by atoms with E-state index in [1.807, 2.05) is 18.2 Å². The van der Waals surface area contributed by atoms with Gasteiger partial charge in [0.1, 0.15) is 0 Å². The minimum atomic E-state index is 0.100. The fraction of sp³-hybridized carbons (Fsp3) is 0.500. The molecule has 1 aliphatic heterocycles. The predicted octanol–water partition coefficient (Wildman–Crippen LogP) is 2.92. The molecule has 86 valence electrons. The highest BCUT2D eigenvalue weighted by molar-refractivity contribution is 5.96. The summed E-state index contributed by atoms with van der Waals surface area (Å²) in [5.41, 5.74) is 2.06. The molecule has 0 aliphatic carbocycles. The molecule has 16 heavy (non-hydrogen) atoms. The quantitative estimate of drug-likeness (QED) is 0.772. The fourth-order valence-electron chi connectivity index (χ4n) is 2.31. The molecule has 0 saturated heterocycles. The van der Waals surface area contributed by atoms with Crippen LogP contribution in [0.3, 0.4) is 0 Å².